The van der Waals surface area contributed by atoms with Crippen molar-refractivity contribution in [1.29, 1.82) is 0 Å². The van der Waals surface area contributed by atoms with Gasteiger partial charge in [0.1, 0.15) is 5.75 Å². The highest BCUT2D eigenvalue weighted by molar-refractivity contribution is 5.62. The van der Waals surface area contributed by atoms with Crippen LogP contribution in [0.1, 0.15) is 25.8 Å². The fourth-order valence-corrected chi connectivity index (χ4v) is 2.42. The van der Waals surface area contributed by atoms with E-state index in [4.69, 9.17) is 10.5 Å². The SMILES string of the molecule is COc1cccc(-c2ccc(CN)c(=O)n2CCC(C)C)c1. The molecule has 0 saturated carbocycles. The third-order valence-corrected chi connectivity index (χ3v) is 3.77. The van der Waals surface area contributed by atoms with E-state index in [1.807, 2.05) is 41.0 Å². The van der Waals surface area contributed by atoms with E-state index < -0.39 is 0 Å². The van der Waals surface area contributed by atoms with Crippen LogP contribution in [0.5, 0.6) is 5.75 Å². The van der Waals surface area contributed by atoms with E-state index in [0.29, 0.717) is 18.0 Å². The molecule has 0 unspecified atom stereocenters. The van der Waals surface area contributed by atoms with Gasteiger partial charge in [-0.15, -0.1) is 0 Å². The zero-order valence-corrected chi connectivity index (χ0v) is 13.5. The van der Waals surface area contributed by atoms with Crippen LogP contribution < -0.4 is 16.0 Å². The van der Waals surface area contributed by atoms with Crippen LogP contribution in [0.4, 0.5) is 0 Å². The van der Waals surface area contributed by atoms with E-state index in [2.05, 4.69) is 13.8 Å². The molecule has 0 fully saturated rings. The molecule has 0 saturated heterocycles. The van der Waals surface area contributed by atoms with Gasteiger partial charge in [-0.25, -0.2) is 0 Å². The van der Waals surface area contributed by atoms with Crippen LogP contribution in [-0.2, 0) is 13.1 Å². The second-order valence-corrected chi connectivity index (χ2v) is 5.82. The Balaban J connectivity index is 2.53. The van der Waals surface area contributed by atoms with Crippen LogP contribution in [-0.4, -0.2) is 11.7 Å². The molecule has 0 atom stereocenters. The van der Waals surface area contributed by atoms with Gasteiger partial charge in [0.25, 0.3) is 5.56 Å². The van der Waals surface area contributed by atoms with Gasteiger partial charge in [0.05, 0.1) is 12.8 Å². The fourth-order valence-electron chi connectivity index (χ4n) is 2.42. The van der Waals surface area contributed by atoms with Gasteiger partial charge in [-0.1, -0.05) is 32.0 Å². The molecular weight excluding hydrogens is 276 g/mol. The summed E-state index contributed by atoms with van der Waals surface area (Å²) in [6.07, 6.45) is 0.949. The Bertz CT molecular complexity index is 690. The Morgan fingerprint density at radius 1 is 1.23 bits per heavy atom. The zero-order valence-electron chi connectivity index (χ0n) is 13.5. The Morgan fingerprint density at radius 3 is 2.64 bits per heavy atom. The van der Waals surface area contributed by atoms with Crippen molar-refractivity contribution in [1.82, 2.24) is 4.57 Å². The number of nitrogens with zero attached hydrogens (tertiary/aromatic N) is 1. The molecule has 0 spiro atoms. The smallest absolute Gasteiger partial charge is 0.255 e. The lowest BCUT2D eigenvalue weighted by molar-refractivity contribution is 0.415. The monoisotopic (exact) mass is 300 g/mol. The average Bonchev–Trinajstić information content (AvgIpc) is 2.53. The van der Waals surface area contributed by atoms with Gasteiger partial charge < -0.3 is 15.0 Å². The summed E-state index contributed by atoms with van der Waals surface area (Å²) in [6, 6.07) is 11.6. The van der Waals surface area contributed by atoms with E-state index >= 15 is 0 Å². The molecule has 2 N–H and O–H groups in total. The van der Waals surface area contributed by atoms with Crippen molar-refractivity contribution in [3.63, 3.8) is 0 Å². The molecule has 4 heteroatoms. The van der Waals surface area contributed by atoms with Crippen molar-refractivity contribution in [2.75, 3.05) is 7.11 Å². The maximum Gasteiger partial charge on any atom is 0.255 e. The third-order valence-electron chi connectivity index (χ3n) is 3.77. The van der Waals surface area contributed by atoms with Crippen molar-refractivity contribution < 1.29 is 4.74 Å². The number of hydrogen-bond acceptors (Lipinski definition) is 3. The molecule has 4 nitrogen and oxygen atoms in total. The second kappa shape index (κ2) is 7.27. The van der Waals surface area contributed by atoms with Crippen LogP contribution in [0.15, 0.2) is 41.2 Å². The number of aromatic nitrogens is 1. The molecule has 0 bridgehead atoms. The van der Waals surface area contributed by atoms with Crippen LogP contribution in [0.3, 0.4) is 0 Å². The minimum atomic E-state index is 0.00321. The maximum atomic E-state index is 12.6. The van der Waals surface area contributed by atoms with Crippen LogP contribution in [0, 0.1) is 5.92 Å². The maximum absolute atomic E-state index is 12.6. The third kappa shape index (κ3) is 3.57. The van der Waals surface area contributed by atoms with Gasteiger partial charge in [-0.2, -0.15) is 0 Å². The first-order valence-corrected chi connectivity index (χ1v) is 7.64. The quantitative estimate of drug-likeness (QED) is 0.892. The lowest BCUT2D eigenvalue weighted by Crippen LogP contribution is -2.27. The molecule has 0 aliphatic rings. The Morgan fingerprint density at radius 2 is 2.00 bits per heavy atom. The van der Waals surface area contributed by atoms with Gasteiger partial charge in [-0.3, -0.25) is 4.79 Å². The number of pyridine rings is 1. The summed E-state index contributed by atoms with van der Waals surface area (Å²) in [6.45, 7) is 5.27. The normalized spacial score (nSPS) is 11.0. The minimum Gasteiger partial charge on any atom is -0.497 e. The topological polar surface area (TPSA) is 57.2 Å². The van der Waals surface area contributed by atoms with Crippen LogP contribution in [0.25, 0.3) is 11.3 Å². The highest BCUT2D eigenvalue weighted by atomic mass is 16.5. The molecule has 2 rings (SSSR count). The molecular formula is C18H24N2O2. The van der Waals surface area contributed by atoms with Crippen molar-refractivity contribution in [2.45, 2.75) is 33.4 Å². The van der Waals surface area contributed by atoms with Crippen molar-refractivity contribution in [3.8, 4) is 17.0 Å². The Kier molecular flexibility index (Phi) is 5.39. The largest absolute Gasteiger partial charge is 0.497 e. The van der Waals surface area contributed by atoms with Gasteiger partial charge in [0.2, 0.25) is 0 Å². The summed E-state index contributed by atoms with van der Waals surface area (Å²) < 4.78 is 7.11. The predicted octanol–water partition coefficient (Wildman–Crippen LogP) is 3.03. The predicted molar refractivity (Wildman–Crippen MR) is 90.0 cm³/mol. The number of methoxy groups -OCH3 is 1. The van der Waals surface area contributed by atoms with Crippen LogP contribution >= 0.6 is 0 Å². The number of rotatable bonds is 6. The summed E-state index contributed by atoms with van der Waals surface area (Å²) in [7, 11) is 1.64. The minimum absolute atomic E-state index is 0.00321. The second-order valence-electron chi connectivity index (χ2n) is 5.82. The molecule has 1 aromatic carbocycles. The standard InChI is InChI=1S/C18H24N2O2/c1-13(2)9-10-20-17(8-7-15(12-19)18(20)21)14-5-4-6-16(11-14)22-3/h4-8,11,13H,9-10,12,19H2,1-3H3. The molecule has 0 aliphatic carbocycles. The molecule has 2 aromatic rings. The zero-order chi connectivity index (χ0) is 16.1. The molecule has 22 heavy (non-hydrogen) atoms. The van der Waals surface area contributed by atoms with E-state index in [1.165, 1.54) is 0 Å². The van der Waals surface area contributed by atoms with Crippen molar-refractivity contribution in [3.05, 3.63) is 52.3 Å². The first-order valence-electron chi connectivity index (χ1n) is 7.64. The number of ether oxygens (including phenoxy) is 1. The molecule has 1 heterocycles. The summed E-state index contributed by atoms with van der Waals surface area (Å²) in [5.41, 5.74) is 8.21. The molecule has 0 amide bonds. The lowest BCUT2D eigenvalue weighted by Gasteiger charge is -2.16. The average molecular weight is 300 g/mol. The van der Waals surface area contributed by atoms with Crippen molar-refractivity contribution >= 4 is 0 Å². The first kappa shape index (κ1) is 16.3. The van der Waals surface area contributed by atoms with Gasteiger partial charge in [0, 0.05) is 24.2 Å². The molecule has 0 radical (unpaired) electrons. The summed E-state index contributed by atoms with van der Waals surface area (Å²) in [5, 5.41) is 0. The van der Waals surface area contributed by atoms with Gasteiger partial charge >= 0.3 is 0 Å². The Hall–Kier alpha value is -2.07. The summed E-state index contributed by atoms with van der Waals surface area (Å²) in [4.78, 5) is 12.6. The number of benzene rings is 1. The van der Waals surface area contributed by atoms with Gasteiger partial charge in [-0.05, 0) is 30.5 Å². The van der Waals surface area contributed by atoms with E-state index in [0.717, 1.165) is 23.4 Å². The fraction of sp³-hybridized carbons (Fsp3) is 0.389. The number of hydrogen-bond donors (Lipinski definition) is 1. The number of nitrogens with two attached hydrogens (primary N) is 1. The van der Waals surface area contributed by atoms with E-state index in [9.17, 15) is 4.79 Å². The Labute approximate surface area is 131 Å². The van der Waals surface area contributed by atoms with Crippen LogP contribution in [0.2, 0.25) is 0 Å². The highest BCUT2D eigenvalue weighted by Gasteiger charge is 2.11. The first-order chi connectivity index (χ1) is 10.6. The summed E-state index contributed by atoms with van der Waals surface area (Å²) >= 11 is 0. The van der Waals surface area contributed by atoms with E-state index in [-0.39, 0.29) is 12.1 Å². The van der Waals surface area contributed by atoms with E-state index in [1.54, 1.807) is 7.11 Å². The lowest BCUT2D eigenvalue weighted by atomic mass is 10.1. The molecule has 0 aliphatic heterocycles. The molecule has 1 aromatic heterocycles. The highest BCUT2D eigenvalue weighted by Crippen LogP contribution is 2.23. The summed E-state index contributed by atoms with van der Waals surface area (Å²) in [5.74, 6) is 1.31. The van der Waals surface area contributed by atoms with Crippen molar-refractivity contribution in [2.24, 2.45) is 11.7 Å². The molecule has 118 valence electrons. The van der Waals surface area contributed by atoms with Gasteiger partial charge in [0.15, 0.2) is 0 Å².